The average Bonchev–Trinajstić information content (AvgIpc) is 2.85. The third-order valence-corrected chi connectivity index (χ3v) is 5.29. The molecule has 1 atom stereocenters. The highest BCUT2D eigenvalue weighted by molar-refractivity contribution is 8.15. The summed E-state index contributed by atoms with van der Waals surface area (Å²) in [5.41, 5.74) is 0.546. The van der Waals surface area contributed by atoms with E-state index in [4.69, 9.17) is 23.2 Å². The van der Waals surface area contributed by atoms with Gasteiger partial charge in [0.25, 0.3) is 5.91 Å². The molecule has 1 aliphatic rings. The molecule has 1 unspecified atom stereocenters. The maximum atomic E-state index is 12.1. The topological polar surface area (TPSA) is 61.8 Å². The van der Waals surface area contributed by atoms with Crippen LogP contribution >= 0.6 is 35.0 Å². The summed E-state index contributed by atoms with van der Waals surface area (Å²) >= 11 is 13.1. The fourth-order valence-electron chi connectivity index (χ4n) is 2.09. The van der Waals surface area contributed by atoms with Gasteiger partial charge in [-0.05, 0) is 32.0 Å². The lowest BCUT2D eigenvalue weighted by Gasteiger charge is -2.19. The largest absolute Gasteiger partial charge is 0.352 e. The standard InChI is InChI=1S/C15H17Cl2N3O2S/c1-3-20(4-2)15-19-14(22)12(23-15)8-13(21)18-9-5-6-10(16)11(17)7-9/h5-7,12H,3-4,8H2,1-2H3,(H,18,21). The second kappa shape index (κ2) is 8.04. The van der Waals surface area contributed by atoms with E-state index in [-0.39, 0.29) is 18.2 Å². The van der Waals surface area contributed by atoms with E-state index >= 15 is 0 Å². The summed E-state index contributed by atoms with van der Waals surface area (Å²) in [7, 11) is 0. The van der Waals surface area contributed by atoms with Gasteiger partial charge in [0, 0.05) is 25.2 Å². The quantitative estimate of drug-likeness (QED) is 0.855. The minimum absolute atomic E-state index is 0.0675. The van der Waals surface area contributed by atoms with E-state index in [9.17, 15) is 9.59 Å². The van der Waals surface area contributed by atoms with Gasteiger partial charge < -0.3 is 10.2 Å². The number of carbonyl (C=O) groups excluding carboxylic acids is 2. The van der Waals surface area contributed by atoms with Gasteiger partial charge in [-0.1, -0.05) is 35.0 Å². The molecule has 1 aliphatic heterocycles. The fourth-order valence-corrected chi connectivity index (χ4v) is 3.58. The van der Waals surface area contributed by atoms with Crippen LogP contribution in [0.15, 0.2) is 23.2 Å². The smallest absolute Gasteiger partial charge is 0.262 e. The van der Waals surface area contributed by atoms with E-state index in [1.54, 1.807) is 18.2 Å². The molecule has 0 bridgehead atoms. The van der Waals surface area contributed by atoms with E-state index in [1.165, 1.54) is 11.8 Å². The number of anilines is 1. The Hall–Kier alpha value is -1.24. The van der Waals surface area contributed by atoms with Gasteiger partial charge in [0.2, 0.25) is 5.91 Å². The molecule has 5 nitrogen and oxygen atoms in total. The van der Waals surface area contributed by atoms with Crippen molar-refractivity contribution in [1.29, 1.82) is 0 Å². The van der Waals surface area contributed by atoms with Gasteiger partial charge in [0.05, 0.1) is 10.0 Å². The first kappa shape index (κ1) is 18.1. The molecular weight excluding hydrogens is 357 g/mol. The van der Waals surface area contributed by atoms with Crippen molar-refractivity contribution in [1.82, 2.24) is 4.90 Å². The van der Waals surface area contributed by atoms with Crippen molar-refractivity contribution < 1.29 is 9.59 Å². The second-order valence-corrected chi connectivity index (χ2v) is 6.88. The summed E-state index contributed by atoms with van der Waals surface area (Å²) in [4.78, 5) is 30.1. The van der Waals surface area contributed by atoms with Crippen molar-refractivity contribution in [3.05, 3.63) is 28.2 Å². The Morgan fingerprint density at radius 2 is 2.00 bits per heavy atom. The molecule has 124 valence electrons. The van der Waals surface area contributed by atoms with Crippen LogP contribution in [0.4, 0.5) is 5.69 Å². The van der Waals surface area contributed by atoms with E-state index in [0.29, 0.717) is 20.9 Å². The fraction of sp³-hybridized carbons (Fsp3) is 0.400. The van der Waals surface area contributed by atoms with Crippen LogP contribution in [0.1, 0.15) is 20.3 Å². The predicted octanol–water partition coefficient (Wildman–Crippen LogP) is 3.66. The zero-order valence-corrected chi connectivity index (χ0v) is 15.1. The number of thioether (sulfide) groups is 1. The van der Waals surface area contributed by atoms with Crippen molar-refractivity contribution in [3.63, 3.8) is 0 Å². The molecule has 0 spiro atoms. The van der Waals surface area contributed by atoms with Crippen molar-refractivity contribution in [3.8, 4) is 0 Å². The Kier molecular flexibility index (Phi) is 6.33. The Bertz CT molecular complexity index is 648. The number of nitrogens with zero attached hydrogens (tertiary/aromatic N) is 2. The summed E-state index contributed by atoms with van der Waals surface area (Å²) < 4.78 is 0. The van der Waals surface area contributed by atoms with Gasteiger partial charge in [-0.25, -0.2) is 0 Å². The molecule has 0 fully saturated rings. The maximum absolute atomic E-state index is 12.1. The monoisotopic (exact) mass is 373 g/mol. The van der Waals surface area contributed by atoms with E-state index in [1.807, 2.05) is 18.7 Å². The molecule has 1 N–H and O–H groups in total. The lowest BCUT2D eigenvalue weighted by Crippen LogP contribution is -2.27. The Balaban J connectivity index is 1.94. The second-order valence-electron chi connectivity index (χ2n) is 4.89. The third-order valence-electron chi connectivity index (χ3n) is 3.34. The van der Waals surface area contributed by atoms with Crippen molar-refractivity contribution in [2.24, 2.45) is 4.99 Å². The number of rotatable bonds is 5. The average molecular weight is 374 g/mol. The van der Waals surface area contributed by atoms with E-state index in [2.05, 4.69) is 10.3 Å². The molecule has 2 amide bonds. The van der Waals surface area contributed by atoms with Crippen LogP contribution in [0, 0.1) is 0 Å². The summed E-state index contributed by atoms with van der Waals surface area (Å²) in [6, 6.07) is 4.84. The van der Waals surface area contributed by atoms with Gasteiger partial charge in [-0.2, -0.15) is 4.99 Å². The van der Waals surface area contributed by atoms with Crippen molar-refractivity contribution >= 4 is 57.6 Å². The van der Waals surface area contributed by atoms with Gasteiger partial charge in [-0.15, -0.1) is 0 Å². The van der Waals surface area contributed by atoms with Gasteiger partial charge in [0.15, 0.2) is 5.17 Å². The number of carbonyl (C=O) groups is 2. The minimum Gasteiger partial charge on any atom is -0.352 e. The zero-order valence-electron chi connectivity index (χ0n) is 12.8. The molecule has 2 rings (SSSR count). The van der Waals surface area contributed by atoms with E-state index in [0.717, 1.165) is 13.1 Å². The Morgan fingerprint density at radius 3 is 2.61 bits per heavy atom. The molecule has 0 saturated carbocycles. The summed E-state index contributed by atoms with van der Waals surface area (Å²) in [5.74, 6) is -0.522. The number of amides is 2. The molecule has 8 heteroatoms. The van der Waals surface area contributed by atoms with Crippen molar-refractivity contribution in [2.45, 2.75) is 25.5 Å². The molecule has 23 heavy (non-hydrogen) atoms. The van der Waals surface area contributed by atoms with Crippen LogP contribution in [-0.4, -0.2) is 40.2 Å². The molecule has 1 aromatic carbocycles. The summed E-state index contributed by atoms with van der Waals surface area (Å²) in [5, 5.41) is 3.71. The first-order chi connectivity index (χ1) is 10.9. The number of nitrogens with one attached hydrogen (secondary N) is 1. The lowest BCUT2D eigenvalue weighted by atomic mass is 10.2. The Morgan fingerprint density at radius 1 is 1.30 bits per heavy atom. The minimum atomic E-state index is -0.478. The van der Waals surface area contributed by atoms with Crippen LogP contribution in [-0.2, 0) is 9.59 Å². The maximum Gasteiger partial charge on any atom is 0.262 e. The molecule has 0 saturated heterocycles. The van der Waals surface area contributed by atoms with Crippen molar-refractivity contribution in [2.75, 3.05) is 18.4 Å². The highest BCUT2D eigenvalue weighted by atomic mass is 35.5. The zero-order chi connectivity index (χ0) is 17.0. The van der Waals surface area contributed by atoms with E-state index < -0.39 is 5.25 Å². The molecule has 0 aromatic heterocycles. The summed E-state index contributed by atoms with van der Waals surface area (Å²) in [6.07, 6.45) is 0.0675. The number of hydrogen-bond donors (Lipinski definition) is 1. The lowest BCUT2D eigenvalue weighted by molar-refractivity contribution is -0.121. The van der Waals surface area contributed by atoms with Gasteiger partial charge in [-0.3, -0.25) is 9.59 Å². The number of aliphatic imine (C=N–C) groups is 1. The van der Waals surface area contributed by atoms with Crippen LogP contribution in [0.25, 0.3) is 0 Å². The molecule has 0 radical (unpaired) electrons. The van der Waals surface area contributed by atoms with Crippen LogP contribution in [0.2, 0.25) is 10.0 Å². The Labute approximate surface area is 149 Å². The SMILES string of the molecule is CCN(CC)C1=NC(=O)C(CC(=O)Nc2ccc(Cl)c(Cl)c2)S1. The molecular formula is C15H17Cl2N3O2S. The highest BCUT2D eigenvalue weighted by Crippen LogP contribution is 2.28. The van der Waals surface area contributed by atoms with Crippen LogP contribution < -0.4 is 5.32 Å². The summed E-state index contributed by atoms with van der Waals surface area (Å²) in [6.45, 7) is 5.55. The highest BCUT2D eigenvalue weighted by Gasteiger charge is 2.32. The molecule has 0 aliphatic carbocycles. The number of amidine groups is 1. The normalized spacial score (nSPS) is 17.1. The van der Waals surface area contributed by atoms with Crippen LogP contribution in [0.3, 0.4) is 0 Å². The number of hydrogen-bond acceptors (Lipinski definition) is 4. The molecule has 1 heterocycles. The third kappa shape index (κ3) is 4.62. The number of benzene rings is 1. The van der Waals surface area contributed by atoms with Gasteiger partial charge in [0.1, 0.15) is 5.25 Å². The predicted molar refractivity (Wildman–Crippen MR) is 96.5 cm³/mol. The first-order valence-corrected chi connectivity index (χ1v) is 8.87. The van der Waals surface area contributed by atoms with Gasteiger partial charge >= 0.3 is 0 Å². The first-order valence-electron chi connectivity index (χ1n) is 7.23. The molecule has 1 aromatic rings. The number of halogens is 2. The van der Waals surface area contributed by atoms with Crippen LogP contribution in [0.5, 0.6) is 0 Å².